The first-order valence-corrected chi connectivity index (χ1v) is 13.4. The maximum Gasteiger partial charge on any atom is 0.481 e. The van der Waals surface area contributed by atoms with Crippen LogP contribution in [-0.4, -0.2) is 101 Å². The Morgan fingerprint density at radius 3 is 2.19 bits per heavy atom. The van der Waals surface area contributed by atoms with Gasteiger partial charge in [-0.25, -0.2) is 19.1 Å². The van der Waals surface area contributed by atoms with Crippen molar-refractivity contribution in [3.05, 3.63) is 18.1 Å². The van der Waals surface area contributed by atoms with E-state index in [1.807, 2.05) is 0 Å². The maximum absolute atomic E-state index is 12.3. The number of aliphatic hydroxyl groups excluding tert-OH is 3. The predicted octanol–water partition coefficient (Wildman–Crippen LogP) is -2.13. The van der Waals surface area contributed by atoms with Gasteiger partial charge in [-0.1, -0.05) is 0 Å². The Morgan fingerprint density at radius 2 is 1.53 bits per heavy atom. The number of methoxy groups -OCH3 is 1. The normalized spacial score (nSPS) is 43.7. The second-order valence-electron chi connectivity index (χ2n) is 8.24. The van der Waals surface area contributed by atoms with Gasteiger partial charge in [-0.05, 0) is 0 Å². The summed E-state index contributed by atoms with van der Waals surface area (Å²) in [6, 6.07) is 0. The summed E-state index contributed by atoms with van der Waals surface area (Å²) in [5.41, 5.74) is -0.130. The lowest BCUT2D eigenvalue weighted by Gasteiger charge is -2.21. The Kier molecular flexibility index (Phi) is 6.70. The Labute approximate surface area is 201 Å². The minimum atomic E-state index is -5.24. The fourth-order valence-electron chi connectivity index (χ4n) is 4.31. The van der Waals surface area contributed by atoms with Gasteiger partial charge in [-0.15, -0.1) is 0 Å². The standard InChI is InChI=1S/C16H23N5O13P2/c1-29-12-7-3-31-36(27,28)34-35(25,26)30-2-6-9(22)10(23)15(32-6)20-5-19-14-8(13(20)17)18-4-21(14)16(33-7)11(12)24/h4-7,9-12,15-17,22-24H,2-3H2,1H3,(H,25,26)(H,27,28)/t6-,7-,9-,10-,11-,12-,15-,16-/m1/s1. The van der Waals surface area contributed by atoms with Crippen molar-refractivity contribution in [1.82, 2.24) is 19.1 Å². The van der Waals surface area contributed by atoms with Crippen LogP contribution in [0.2, 0.25) is 0 Å². The molecule has 18 nitrogen and oxygen atoms in total. The van der Waals surface area contributed by atoms with Crippen LogP contribution in [0.25, 0.3) is 11.2 Å². The largest absolute Gasteiger partial charge is 0.481 e. The number of hydrogen-bond acceptors (Lipinski definition) is 14. The third kappa shape index (κ3) is 4.48. The summed E-state index contributed by atoms with van der Waals surface area (Å²) in [6.07, 6.45) is -8.38. The van der Waals surface area contributed by atoms with Crippen molar-refractivity contribution in [2.45, 2.75) is 49.1 Å². The third-order valence-corrected chi connectivity index (χ3v) is 8.63. The first-order valence-electron chi connectivity index (χ1n) is 10.4. The second-order valence-corrected chi connectivity index (χ2v) is 11.3. The number of phosphoric acid groups is 2. The number of nitrogens with one attached hydrogen (secondary N) is 1. The van der Waals surface area contributed by atoms with Gasteiger partial charge in [0.25, 0.3) is 0 Å². The van der Waals surface area contributed by atoms with Gasteiger partial charge in [0, 0.05) is 7.11 Å². The van der Waals surface area contributed by atoms with Gasteiger partial charge in [-0.3, -0.25) is 23.6 Å². The molecule has 10 atom stereocenters. The molecule has 36 heavy (non-hydrogen) atoms. The van der Waals surface area contributed by atoms with Crippen molar-refractivity contribution in [2.24, 2.45) is 0 Å². The summed E-state index contributed by atoms with van der Waals surface area (Å²) in [7, 11) is -9.18. The van der Waals surface area contributed by atoms with E-state index in [0.29, 0.717) is 0 Å². The van der Waals surface area contributed by atoms with E-state index in [4.69, 9.17) is 24.1 Å². The average molecular weight is 555 g/mol. The zero-order valence-corrected chi connectivity index (χ0v) is 20.2. The summed E-state index contributed by atoms with van der Waals surface area (Å²) in [6.45, 7) is -1.55. The molecule has 200 valence electrons. The topological polar surface area (TPSA) is 250 Å². The summed E-state index contributed by atoms with van der Waals surface area (Å²) in [4.78, 5) is 28.2. The molecule has 0 spiro atoms. The number of aliphatic hydroxyl groups is 3. The lowest BCUT2D eigenvalue weighted by molar-refractivity contribution is -0.0573. The molecule has 2 fully saturated rings. The van der Waals surface area contributed by atoms with Crippen LogP contribution in [0.4, 0.5) is 0 Å². The first-order chi connectivity index (χ1) is 16.9. The van der Waals surface area contributed by atoms with Crippen LogP contribution in [0.5, 0.6) is 0 Å². The fraction of sp³-hybridized carbons (Fsp3) is 0.688. The molecule has 0 amide bonds. The van der Waals surface area contributed by atoms with Gasteiger partial charge >= 0.3 is 15.6 Å². The molecule has 6 heterocycles. The van der Waals surface area contributed by atoms with Crippen LogP contribution < -0.4 is 5.49 Å². The number of fused-ring (bicyclic) bond motifs is 7. The van der Waals surface area contributed by atoms with E-state index in [1.165, 1.54) is 18.0 Å². The molecule has 0 aliphatic carbocycles. The number of nitrogens with zero attached hydrogens (tertiary/aromatic N) is 4. The molecule has 20 heteroatoms. The van der Waals surface area contributed by atoms with Crippen LogP contribution >= 0.6 is 15.6 Å². The van der Waals surface area contributed by atoms with Crippen LogP contribution in [0.3, 0.4) is 0 Å². The van der Waals surface area contributed by atoms with E-state index < -0.39 is 77.9 Å². The minimum Gasteiger partial charge on any atom is -0.387 e. The van der Waals surface area contributed by atoms with Gasteiger partial charge in [-0.2, -0.15) is 4.31 Å². The Balaban J connectivity index is 1.58. The Hall–Kier alpha value is -1.63. The number of hydrogen-bond donors (Lipinski definition) is 6. The van der Waals surface area contributed by atoms with Gasteiger partial charge in [0.15, 0.2) is 29.1 Å². The van der Waals surface area contributed by atoms with E-state index in [-0.39, 0.29) is 16.7 Å². The van der Waals surface area contributed by atoms with Crippen molar-refractivity contribution in [3.8, 4) is 0 Å². The van der Waals surface area contributed by atoms with Crippen LogP contribution in [0, 0.1) is 5.41 Å². The molecular formula is C16H23N5O13P2. The fourth-order valence-corrected chi connectivity index (χ4v) is 6.40. The van der Waals surface area contributed by atoms with E-state index >= 15 is 0 Å². The number of imidazole rings is 1. The zero-order chi connectivity index (χ0) is 26.0. The van der Waals surface area contributed by atoms with Gasteiger partial charge in [0.1, 0.15) is 43.0 Å². The van der Waals surface area contributed by atoms with Crippen molar-refractivity contribution in [2.75, 3.05) is 20.3 Å². The maximum atomic E-state index is 12.3. The quantitative estimate of drug-likeness (QED) is 0.206. The highest BCUT2D eigenvalue weighted by Gasteiger charge is 2.49. The molecule has 2 saturated heterocycles. The van der Waals surface area contributed by atoms with E-state index in [9.17, 15) is 34.2 Å². The van der Waals surface area contributed by atoms with Gasteiger partial charge in [0.2, 0.25) is 0 Å². The van der Waals surface area contributed by atoms with E-state index in [1.54, 1.807) is 0 Å². The van der Waals surface area contributed by atoms with Gasteiger partial charge in [0.05, 0.1) is 19.5 Å². The molecule has 2 aromatic heterocycles. The Morgan fingerprint density at radius 1 is 0.944 bits per heavy atom. The summed E-state index contributed by atoms with van der Waals surface area (Å²) in [5, 5.41) is 40.1. The smallest absolute Gasteiger partial charge is 0.387 e. The molecule has 6 rings (SSSR count). The van der Waals surface area contributed by atoms with Crippen LogP contribution in [0.15, 0.2) is 12.7 Å². The summed E-state index contributed by atoms with van der Waals surface area (Å²) >= 11 is 0. The number of rotatable bonds is 1. The van der Waals surface area contributed by atoms with Crippen molar-refractivity contribution in [1.29, 1.82) is 5.41 Å². The third-order valence-electron chi connectivity index (χ3n) is 6.03. The molecular weight excluding hydrogens is 532 g/mol. The second kappa shape index (κ2) is 9.28. The molecule has 2 aromatic rings. The van der Waals surface area contributed by atoms with E-state index in [2.05, 4.69) is 18.8 Å². The molecule has 8 bridgehead atoms. The van der Waals surface area contributed by atoms with Crippen molar-refractivity contribution < 1.29 is 61.8 Å². The lowest BCUT2D eigenvalue weighted by Crippen LogP contribution is -2.36. The van der Waals surface area contributed by atoms with Crippen LogP contribution in [0.1, 0.15) is 12.5 Å². The average Bonchev–Trinajstić information content (AvgIpc) is 3.45. The molecule has 4 aliphatic rings. The molecule has 0 aromatic carbocycles. The highest BCUT2D eigenvalue weighted by molar-refractivity contribution is 7.61. The van der Waals surface area contributed by atoms with Crippen molar-refractivity contribution in [3.63, 3.8) is 0 Å². The predicted molar refractivity (Wildman–Crippen MR) is 111 cm³/mol. The monoisotopic (exact) mass is 555 g/mol. The zero-order valence-electron chi connectivity index (χ0n) is 18.4. The molecule has 0 radical (unpaired) electrons. The first kappa shape index (κ1) is 26.0. The lowest BCUT2D eigenvalue weighted by atomic mass is 10.1. The highest BCUT2D eigenvalue weighted by atomic mass is 31.3. The number of ether oxygens (including phenoxy) is 3. The summed E-state index contributed by atoms with van der Waals surface area (Å²) < 4.78 is 57.2. The minimum absolute atomic E-state index is 0.0289. The number of phosphoric ester groups is 2. The van der Waals surface area contributed by atoms with Gasteiger partial charge < -0.3 is 39.3 Å². The van der Waals surface area contributed by atoms with Crippen LogP contribution in [-0.2, 0) is 36.7 Å². The number of aromatic nitrogens is 4. The SMILES string of the molecule is CO[C@H]1[C@@H](O)[C@H]2O[C@@H]1COP(=O)(O)OP(=O)(O)OC[C@H]1O[C@H]([C@H](O)[C@@H]1O)n1cnc3c(ncn32)c1=N. The molecule has 6 N–H and O–H groups in total. The Bertz CT molecular complexity index is 1300. The molecule has 4 aliphatic heterocycles. The molecule has 2 unspecified atom stereocenters. The molecule has 0 saturated carbocycles. The van der Waals surface area contributed by atoms with E-state index in [0.717, 1.165) is 10.9 Å². The van der Waals surface area contributed by atoms with Crippen molar-refractivity contribution >= 4 is 26.8 Å². The summed E-state index contributed by atoms with van der Waals surface area (Å²) in [5.74, 6) is 0. The highest BCUT2D eigenvalue weighted by Crippen LogP contribution is 2.60.